The minimum Gasteiger partial charge on any atom is -0.445 e. The van der Waals surface area contributed by atoms with Gasteiger partial charge in [-0.05, 0) is 42.7 Å². The lowest BCUT2D eigenvalue weighted by Crippen LogP contribution is -2.57. The minimum atomic E-state index is -3.85. The van der Waals surface area contributed by atoms with E-state index in [0.717, 1.165) is 5.56 Å². The standard InChI is InChI=1S/C33H41ClN4O8S/c1-6-13-45-30(42)35-27(31(3,4)5)28(40)38-19-32(16-24(36-46-32)20-9-8-10-22(34)14-20)17-25(38)26(39)18-33(15-21(33)7-2)29(41)37-47(43,44)23-11-12-23/h6-10,14,21,23,25,27H,1-2,11-13,15-19H2,3-5H3,(H,35,42)(H,37,41)/t21-,25+,27-,32-,33-/m1/s1. The Balaban J connectivity index is 1.43. The zero-order valence-corrected chi connectivity index (χ0v) is 28.4. The Bertz CT molecular complexity index is 1630. The first kappa shape index (κ1) is 34.6. The Labute approximate surface area is 280 Å². The summed E-state index contributed by atoms with van der Waals surface area (Å²) in [5, 5.41) is 6.86. The van der Waals surface area contributed by atoms with Crippen LogP contribution in [0.2, 0.25) is 5.02 Å². The number of oxime groups is 1. The molecule has 2 N–H and O–H groups in total. The fourth-order valence-corrected chi connectivity index (χ4v) is 8.00. The van der Waals surface area contributed by atoms with Crippen LogP contribution in [0.3, 0.4) is 0 Å². The van der Waals surface area contributed by atoms with E-state index in [2.05, 4.69) is 28.4 Å². The Hall–Kier alpha value is -3.71. The van der Waals surface area contributed by atoms with Gasteiger partial charge < -0.3 is 19.8 Å². The van der Waals surface area contributed by atoms with Gasteiger partial charge in [0.2, 0.25) is 21.8 Å². The van der Waals surface area contributed by atoms with Crippen LogP contribution in [-0.2, 0) is 34.0 Å². The first-order chi connectivity index (χ1) is 22.0. The molecule has 2 heterocycles. The van der Waals surface area contributed by atoms with Gasteiger partial charge in [-0.3, -0.25) is 19.1 Å². The first-order valence-electron chi connectivity index (χ1n) is 15.6. The monoisotopic (exact) mass is 688 g/mol. The number of ketones is 1. The van der Waals surface area contributed by atoms with E-state index in [1.165, 1.54) is 11.0 Å². The van der Waals surface area contributed by atoms with Gasteiger partial charge in [0.1, 0.15) is 12.6 Å². The van der Waals surface area contributed by atoms with Crippen molar-refractivity contribution in [2.24, 2.45) is 21.9 Å². The number of sulfonamides is 1. The summed E-state index contributed by atoms with van der Waals surface area (Å²) in [6.07, 6.45) is 3.37. The highest BCUT2D eigenvalue weighted by Gasteiger charge is 2.63. The van der Waals surface area contributed by atoms with Crippen molar-refractivity contribution < 1.29 is 37.2 Å². The van der Waals surface area contributed by atoms with Crippen molar-refractivity contribution in [2.75, 3.05) is 13.2 Å². The fourth-order valence-electron chi connectivity index (χ4n) is 6.42. The second-order valence-corrected chi connectivity index (χ2v) is 16.4. The van der Waals surface area contributed by atoms with Crippen molar-refractivity contribution in [2.45, 2.75) is 82.2 Å². The third-order valence-electron chi connectivity index (χ3n) is 9.32. The summed E-state index contributed by atoms with van der Waals surface area (Å²) in [6.45, 7) is 12.6. The number of hydrogen-bond acceptors (Lipinski definition) is 9. The number of allylic oxidation sites excluding steroid dienone is 1. The smallest absolute Gasteiger partial charge is 0.408 e. The number of rotatable bonds is 12. The zero-order chi connectivity index (χ0) is 34.4. The van der Waals surface area contributed by atoms with E-state index in [0.29, 0.717) is 23.6 Å². The molecule has 0 bridgehead atoms. The number of benzene rings is 1. The molecule has 1 aromatic rings. The fraction of sp³-hybridized carbons (Fsp3) is 0.545. The molecule has 5 rings (SSSR count). The molecule has 3 fully saturated rings. The molecule has 4 aliphatic rings. The number of carbonyl (C=O) groups excluding carboxylic acids is 4. The van der Waals surface area contributed by atoms with Crippen LogP contribution >= 0.6 is 11.6 Å². The maximum absolute atomic E-state index is 14.4. The van der Waals surface area contributed by atoms with Crippen molar-refractivity contribution in [3.05, 3.63) is 60.2 Å². The number of ether oxygens (including phenoxy) is 1. The summed E-state index contributed by atoms with van der Waals surface area (Å²) in [4.78, 5) is 62.1. The van der Waals surface area contributed by atoms with Crippen LogP contribution in [0, 0.1) is 16.7 Å². The predicted octanol–water partition coefficient (Wildman–Crippen LogP) is 3.89. The van der Waals surface area contributed by atoms with Crippen molar-refractivity contribution >= 4 is 51.0 Å². The maximum atomic E-state index is 14.4. The molecule has 1 saturated heterocycles. The number of carbonyl (C=O) groups is 4. The molecular weight excluding hydrogens is 648 g/mol. The molecule has 12 nitrogen and oxygen atoms in total. The molecule has 0 aromatic heterocycles. The molecule has 0 radical (unpaired) electrons. The predicted molar refractivity (Wildman–Crippen MR) is 175 cm³/mol. The second kappa shape index (κ2) is 12.7. The number of likely N-dealkylation sites (tertiary alicyclic amines) is 1. The lowest BCUT2D eigenvalue weighted by atomic mass is 9.85. The number of hydrogen-bond donors (Lipinski definition) is 2. The molecule has 254 valence electrons. The van der Waals surface area contributed by atoms with Gasteiger partial charge in [0.05, 0.1) is 29.0 Å². The van der Waals surface area contributed by atoms with Crippen molar-refractivity contribution in [3.63, 3.8) is 0 Å². The Morgan fingerprint density at radius 1 is 1.21 bits per heavy atom. The highest BCUT2D eigenvalue weighted by molar-refractivity contribution is 7.90. The van der Waals surface area contributed by atoms with Crippen molar-refractivity contribution in [3.8, 4) is 0 Å². The van der Waals surface area contributed by atoms with Crippen LogP contribution in [0.4, 0.5) is 4.79 Å². The molecule has 14 heteroatoms. The summed E-state index contributed by atoms with van der Waals surface area (Å²) in [5.74, 6) is -2.12. The molecule has 1 aromatic carbocycles. The minimum absolute atomic E-state index is 0.0219. The van der Waals surface area contributed by atoms with Gasteiger partial charge in [-0.25, -0.2) is 13.2 Å². The summed E-state index contributed by atoms with van der Waals surface area (Å²) >= 11 is 6.21. The van der Waals surface area contributed by atoms with E-state index in [4.69, 9.17) is 21.2 Å². The quantitative estimate of drug-likeness (QED) is 0.313. The molecule has 3 amide bonds. The second-order valence-electron chi connectivity index (χ2n) is 14.0. The van der Waals surface area contributed by atoms with E-state index in [1.54, 1.807) is 45.0 Å². The van der Waals surface area contributed by atoms with Gasteiger partial charge >= 0.3 is 6.09 Å². The Morgan fingerprint density at radius 2 is 1.94 bits per heavy atom. The number of amides is 3. The number of nitrogens with one attached hydrogen (secondary N) is 2. The average Bonchev–Trinajstić information content (AvgIpc) is 3.91. The van der Waals surface area contributed by atoms with Gasteiger partial charge in [-0.15, -0.1) is 6.58 Å². The molecule has 5 atom stereocenters. The molecule has 1 spiro atoms. The average molecular weight is 689 g/mol. The van der Waals surface area contributed by atoms with Gasteiger partial charge in [-0.2, -0.15) is 0 Å². The summed E-state index contributed by atoms with van der Waals surface area (Å²) < 4.78 is 32.6. The third-order valence-corrected chi connectivity index (χ3v) is 11.4. The number of Topliss-reactive ketones (excluding diaryl/α,β-unsaturated/α-hetero) is 1. The molecule has 47 heavy (non-hydrogen) atoms. The lowest BCUT2D eigenvalue weighted by Gasteiger charge is -2.35. The number of nitrogens with zero attached hydrogens (tertiary/aromatic N) is 2. The van der Waals surface area contributed by atoms with E-state index >= 15 is 0 Å². The van der Waals surface area contributed by atoms with E-state index in [-0.39, 0.29) is 38.8 Å². The maximum Gasteiger partial charge on any atom is 0.408 e. The van der Waals surface area contributed by atoms with E-state index in [9.17, 15) is 27.6 Å². The highest BCUT2D eigenvalue weighted by atomic mass is 35.5. The van der Waals surface area contributed by atoms with E-state index < -0.39 is 73.4 Å². The molecule has 0 unspecified atom stereocenters. The molecular formula is C33H41ClN4O8S. The zero-order valence-electron chi connectivity index (χ0n) is 26.8. The van der Waals surface area contributed by atoms with Gasteiger partial charge in [0, 0.05) is 29.8 Å². The number of alkyl carbamates (subject to hydrolysis) is 1. The lowest BCUT2D eigenvalue weighted by molar-refractivity contribution is -0.142. The largest absolute Gasteiger partial charge is 0.445 e. The molecule has 2 saturated carbocycles. The van der Waals surface area contributed by atoms with Crippen LogP contribution in [0.15, 0.2) is 54.7 Å². The molecule has 2 aliphatic carbocycles. The van der Waals surface area contributed by atoms with Crippen LogP contribution in [0.5, 0.6) is 0 Å². The number of halogens is 1. The summed E-state index contributed by atoms with van der Waals surface area (Å²) in [6, 6.07) is 4.96. The van der Waals surface area contributed by atoms with Crippen LogP contribution in [0.1, 0.15) is 64.9 Å². The SMILES string of the molecule is C=CCOC(=O)N[C@H](C(=O)N1C[C@@]2(CC(c3cccc(Cl)c3)=NO2)C[C@H]1C(=O)C[C@]1(C(=O)NS(=O)(=O)C2CC2)C[C@H]1C=C)C(C)(C)C. The Kier molecular flexibility index (Phi) is 9.37. The van der Waals surface area contributed by atoms with Crippen molar-refractivity contribution in [1.29, 1.82) is 0 Å². The highest BCUT2D eigenvalue weighted by Crippen LogP contribution is 2.57. The van der Waals surface area contributed by atoms with Crippen LogP contribution in [0.25, 0.3) is 0 Å². The summed E-state index contributed by atoms with van der Waals surface area (Å²) in [5.41, 5.74) is -1.83. The van der Waals surface area contributed by atoms with Gasteiger partial charge in [-0.1, -0.05) is 68.4 Å². The third kappa shape index (κ3) is 7.25. The normalized spacial score (nSPS) is 27.3. The Morgan fingerprint density at radius 3 is 2.53 bits per heavy atom. The van der Waals surface area contributed by atoms with Crippen molar-refractivity contribution in [1.82, 2.24) is 14.9 Å². The summed E-state index contributed by atoms with van der Waals surface area (Å²) in [7, 11) is -3.85. The van der Waals surface area contributed by atoms with Gasteiger partial charge in [0.25, 0.3) is 0 Å². The first-order valence-corrected chi connectivity index (χ1v) is 17.5. The topological polar surface area (TPSA) is 161 Å². The van der Waals surface area contributed by atoms with Crippen LogP contribution < -0.4 is 10.0 Å². The van der Waals surface area contributed by atoms with Gasteiger partial charge in [0.15, 0.2) is 11.4 Å². The van der Waals surface area contributed by atoms with Crippen LogP contribution in [-0.4, -0.2) is 78.8 Å². The van der Waals surface area contributed by atoms with E-state index in [1.807, 2.05) is 6.07 Å². The molecule has 2 aliphatic heterocycles.